The summed E-state index contributed by atoms with van der Waals surface area (Å²) in [6, 6.07) is 3.97. The lowest BCUT2D eigenvalue weighted by Gasteiger charge is -1.98. The van der Waals surface area contributed by atoms with Crippen LogP contribution in [0.2, 0.25) is 5.02 Å². The first-order valence-electron chi connectivity index (χ1n) is 5.18. The van der Waals surface area contributed by atoms with E-state index in [0.717, 1.165) is 5.92 Å². The van der Waals surface area contributed by atoms with E-state index in [0.29, 0.717) is 0 Å². The van der Waals surface area contributed by atoms with Gasteiger partial charge in [-0.1, -0.05) is 45.2 Å². The third kappa shape index (κ3) is 6.24. The summed E-state index contributed by atoms with van der Waals surface area (Å²) in [5.74, 6) is 0.970. The summed E-state index contributed by atoms with van der Waals surface area (Å²) in [7, 11) is 0. The Labute approximate surface area is 96.5 Å². The highest BCUT2D eigenvalue weighted by molar-refractivity contribution is 6.32. The fourth-order valence-electron chi connectivity index (χ4n) is 0.784. The molecule has 0 aliphatic heterocycles. The van der Waals surface area contributed by atoms with Crippen molar-refractivity contribution in [3.8, 4) is 11.5 Å². The fraction of sp³-hybridized carbons (Fsp3) is 0.500. The van der Waals surface area contributed by atoms with Crippen molar-refractivity contribution in [1.82, 2.24) is 0 Å². The minimum absolute atomic E-state index is 0.0190. The lowest BCUT2D eigenvalue weighted by atomic mass is 10.1. The average Bonchev–Trinajstić information content (AvgIpc) is 2.23. The molecule has 0 aliphatic rings. The summed E-state index contributed by atoms with van der Waals surface area (Å²) in [4.78, 5) is 0. The van der Waals surface area contributed by atoms with Crippen LogP contribution in [-0.4, -0.2) is 10.2 Å². The first kappa shape index (κ1) is 14.1. The number of halogens is 1. The molecule has 0 fully saturated rings. The van der Waals surface area contributed by atoms with Crippen molar-refractivity contribution in [3.63, 3.8) is 0 Å². The Morgan fingerprint density at radius 3 is 2.00 bits per heavy atom. The van der Waals surface area contributed by atoms with Gasteiger partial charge in [-0.2, -0.15) is 0 Å². The van der Waals surface area contributed by atoms with Crippen LogP contribution in [0.3, 0.4) is 0 Å². The second-order valence-corrected chi connectivity index (χ2v) is 3.96. The largest absolute Gasteiger partial charge is 0.508 e. The van der Waals surface area contributed by atoms with Gasteiger partial charge in [-0.25, -0.2) is 0 Å². The zero-order valence-electron chi connectivity index (χ0n) is 9.50. The van der Waals surface area contributed by atoms with Gasteiger partial charge in [-0.15, -0.1) is 0 Å². The number of aromatic hydroxyl groups is 2. The molecule has 0 heterocycles. The van der Waals surface area contributed by atoms with Gasteiger partial charge in [0.2, 0.25) is 0 Å². The van der Waals surface area contributed by atoms with Gasteiger partial charge in [-0.05, 0) is 18.1 Å². The summed E-state index contributed by atoms with van der Waals surface area (Å²) < 4.78 is 0. The SMILES string of the molecule is CCC(C)CC.Oc1ccc(O)c(Cl)c1. The molecule has 1 rings (SSSR count). The predicted molar refractivity (Wildman–Crippen MR) is 64.5 cm³/mol. The van der Waals surface area contributed by atoms with Gasteiger partial charge in [0, 0.05) is 6.07 Å². The maximum Gasteiger partial charge on any atom is 0.134 e. The smallest absolute Gasteiger partial charge is 0.134 e. The predicted octanol–water partition coefficient (Wildman–Crippen LogP) is 4.19. The van der Waals surface area contributed by atoms with E-state index in [-0.39, 0.29) is 16.5 Å². The Balaban J connectivity index is 0.000000288. The minimum Gasteiger partial charge on any atom is -0.508 e. The van der Waals surface area contributed by atoms with Gasteiger partial charge in [0.05, 0.1) is 5.02 Å². The molecule has 0 atom stereocenters. The lowest BCUT2D eigenvalue weighted by Crippen LogP contribution is -1.85. The van der Waals surface area contributed by atoms with Crippen molar-refractivity contribution in [3.05, 3.63) is 23.2 Å². The Morgan fingerprint density at radius 1 is 1.20 bits per heavy atom. The van der Waals surface area contributed by atoms with Crippen LogP contribution in [-0.2, 0) is 0 Å². The van der Waals surface area contributed by atoms with Crippen molar-refractivity contribution in [2.24, 2.45) is 5.92 Å². The van der Waals surface area contributed by atoms with E-state index in [9.17, 15) is 0 Å². The molecule has 2 N–H and O–H groups in total. The molecule has 0 amide bonds. The second kappa shape index (κ2) is 7.41. The molecule has 0 radical (unpaired) electrons. The Kier molecular flexibility index (Phi) is 6.97. The average molecular weight is 231 g/mol. The Hall–Kier alpha value is -0.890. The highest BCUT2D eigenvalue weighted by Crippen LogP contribution is 2.26. The number of benzene rings is 1. The number of phenolic OH excluding ortho intramolecular Hbond substituents is 2. The standard InChI is InChI=1S/C6H5ClO2.C6H14/c7-5-3-4(8)1-2-6(5)9;1-4-6(3)5-2/h1-3,8-9H;6H,4-5H2,1-3H3. The summed E-state index contributed by atoms with van der Waals surface area (Å²) >= 11 is 5.40. The van der Waals surface area contributed by atoms with E-state index in [1.54, 1.807) is 0 Å². The summed E-state index contributed by atoms with van der Waals surface area (Å²) in [5, 5.41) is 17.7. The van der Waals surface area contributed by atoms with Crippen molar-refractivity contribution in [2.45, 2.75) is 33.6 Å². The lowest BCUT2D eigenvalue weighted by molar-refractivity contribution is 0.460. The maximum atomic E-state index is 8.80. The van der Waals surface area contributed by atoms with E-state index in [2.05, 4.69) is 20.8 Å². The number of hydrogen-bond acceptors (Lipinski definition) is 2. The molecule has 86 valence electrons. The van der Waals surface area contributed by atoms with Crippen LogP contribution >= 0.6 is 11.6 Å². The molecule has 0 bridgehead atoms. The molecule has 15 heavy (non-hydrogen) atoms. The first-order chi connectivity index (χ1) is 7.01. The maximum absolute atomic E-state index is 8.80. The molecule has 2 nitrogen and oxygen atoms in total. The monoisotopic (exact) mass is 230 g/mol. The van der Waals surface area contributed by atoms with Crippen molar-refractivity contribution in [1.29, 1.82) is 0 Å². The van der Waals surface area contributed by atoms with Crippen LogP contribution < -0.4 is 0 Å². The normalized spacial score (nSPS) is 9.67. The zero-order chi connectivity index (χ0) is 11.8. The van der Waals surface area contributed by atoms with Crippen LogP contribution in [0, 0.1) is 5.92 Å². The van der Waals surface area contributed by atoms with Gasteiger partial charge in [0.15, 0.2) is 0 Å². The van der Waals surface area contributed by atoms with Gasteiger partial charge < -0.3 is 10.2 Å². The number of rotatable bonds is 2. The van der Waals surface area contributed by atoms with E-state index in [1.807, 2.05) is 0 Å². The number of phenols is 2. The highest BCUT2D eigenvalue weighted by atomic mass is 35.5. The van der Waals surface area contributed by atoms with Crippen LogP contribution in [0.1, 0.15) is 33.6 Å². The molecule has 1 aromatic rings. The van der Waals surface area contributed by atoms with Gasteiger partial charge in [-0.3, -0.25) is 0 Å². The molecule has 0 saturated carbocycles. The Morgan fingerprint density at radius 2 is 1.73 bits per heavy atom. The van der Waals surface area contributed by atoms with E-state index in [1.165, 1.54) is 31.0 Å². The summed E-state index contributed by atoms with van der Waals surface area (Å²) in [5.41, 5.74) is 0. The third-order valence-electron chi connectivity index (χ3n) is 2.33. The quantitative estimate of drug-likeness (QED) is 0.748. The molecule has 1 aromatic carbocycles. The Bertz CT molecular complexity index is 283. The molecule has 0 aromatic heterocycles. The van der Waals surface area contributed by atoms with Crippen LogP contribution in [0.25, 0.3) is 0 Å². The van der Waals surface area contributed by atoms with Gasteiger partial charge in [0.1, 0.15) is 11.5 Å². The molecule has 0 aliphatic carbocycles. The molecular formula is C12H19ClO2. The summed E-state index contributed by atoms with van der Waals surface area (Å²) in [6.45, 7) is 6.74. The van der Waals surface area contributed by atoms with Crippen LogP contribution in [0.5, 0.6) is 11.5 Å². The van der Waals surface area contributed by atoms with Crippen molar-refractivity contribution >= 4 is 11.6 Å². The first-order valence-corrected chi connectivity index (χ1v) is 5.56. The molecule has 0 spiro atoms. The van der Waals surface area contributed by atoms with Gasteiger partial charge in [0.25, 0.3) is 0 Å². The van der Waals surface area contributed by atoms with Crippen LogP contribution in [0.4, 0.5) is 0 Å². The molecule has 0 saturated heterocycles. The number of hydrogen-bond donors (Lipinski definition) is 2. The molecule has 0 unspecified atom stereocenters. The zero-order valence-corrected chi connectivity index (χ0v) is 10.3. The third-order valence-corrected chi connectivity index (χ3v) is 2.63. The highest BCUT2D eigenvalue weighted by Gasteiger charge is 1.95. The van der Waals surface area contributed by atoms with Crippen molar-refractivity contribution in [2.75, 3.05) is 0 Å². The van der Waals surface area contributed by atoms with E-state index < -0.39 is 0 Å². The van der Waals surface area contributed by atoms with Gasteiger partial charge >= 0.3 is 0 Å². The second-order valence-electron chi connectivity index (χ2n) is 3.56. The topological polar surface area (TPSA) is 40.5 Å². The van der Waals surface area contributed by atoms with E-state index >= 15 is 0 Å². The summed E-state index contributed by atoms with van der Waals surface area (Å²) in [6.07, 6.45) is 2.66. The van der Waals surface area contributed by atoms with Crippen LogP contribution in [0.15, 0.2) is 18.2 Å². The molecular weight excluding hydrogens is 212 g/mol. The fourth-order valence-corrected chi connectivity index (χ4v) is 0.959. The minimum atomic E-state index is -0.0190. The molecule has 3 heteroatoms. The van der Waals surface area contributed by atoms with E-state index in [4.69, 9.17) is 21.8 Å². The van der Waals surface area contributed by atoms with Crippen molar-refractivity contribution < 1.29 is 10.2 Å².